The monoisotopic (exact) mass is 330 g/mol. The van der Waals surface area contributed by atoms with Gasteiger partial charge >= 0.3 is 0 Å². The summed E-state index contributed by atoms with van der Waals surface area (Å²) in [5.74, 6) is 2.31. The first-order valence-corrected chi connectivity index (χ1v) is 9.15. The maximum atomic E-state index is 12.5. The van der Waals surface area contributed by atoms with Crippen LogP contribution in [0, 0.1) is 5.92 Å². The van der Waals surface area contributed by atoms with Crippen molar-refractivity contribution in [3.05, 3.63) is 23.8 Å². The highest BCUT2D eigenvalue weighted by Crippen LogP contribution is 2.34. The van der Waals surface area contributed by atoms with Gasteiger partial charge < -0.3 is 19.7 Å². The second-order valence-electron chi connectivity index (χ2n) is 7.25. The van der Waals surface area contributed by atoms with E-state index in [1.165, 1.54) is 18.4 Å². The highest BCUT2D eigenvalue weighted by Gasteiger charge is 2.32. The molecule has 2 heterocycles. The average molecular weight is 330 g/mol. The molecule has 5 heteroatoms. The number of fused-ring (bicyclic) bond motifs is 1. The Morgan fingerprint density at radius 1 is 1.21 bits per heavy atom. The molecule has 1 aromatic carbocycles. The van der Waals surface area contributed by atoms with Gasteiger partial charge in [-0.25, -0.2) is 0 Å². The van der Waals surface area contributed by atoms with E-state index in [2.05, 4.69) is 29.3 Å². The molecule has 2 aliphatic heterocycles. The van der Waals surface area contributed by atoms with Crippen molar-refractivity contribution in [3.63, 3.8) is 0 Å². The molecule has 0 unspecified atom stereocenters. The number of hydrogen-bond donors (Lipinski definition) is 1. The molecule has 3 aliphatic rings. The molecule has 24 heavy (non-hydrogen) atoms. The van der Waals surface area contributed by atoms with Gasteiger partial charge in [0.25, 0.3) is 0 Å². The number of nitrogens with zero attached hydrogens (tertiary/aromatic N) is 1. The van der Waals surface area contributed by atoms with E-state index in [9.17, 15) is 4.79 Å². The van der Waals surface area contributed by atoms with Crippen molar-refractivity contribution in [3.8, 4) is 11.5 Å². The Labute approximate surface area is 143 Å². The van der Waals surface area contributed by atoms with Crippen LogP contribution in [0.3, 0.4) is 0 Å². The minimum atomic E-state index is 0.228. The van der Waals surface area contributed by atoms with Crippen LogP contribution < -0.4 is 14.8 Å². The Balaban J connectivity index is 1.33. The van der Waals surface area contributed by atoms with Crippen LogP contribution in [0.25, 0.3) is 0 Å². The van der Waals surface area contributed by atoms with Gasteiger partial charge in [-0.1, -0.05) is 18.9 Å². The number of amides is 1. The molecule has 2 atom stereocenters. The van der Waals surface area contributed by atoms with Crippen molar-refractivity contribution in [2.45, 2.75) is 51.1 Å². The third kappa shape index (κ3) is 3.09. The molecule has 0 aromatic heterocycles. The SMILES string of the molecule is C[C@H](N[C@H]1CCN(C(=O)C2CCCC2)C1)c1ccc2c(c1)OCO2. The molecular weight excluding hydrogens is 304 g/mol. The van der Waals surface area contributed by atoms with Gasteiger partial charge in [0.2, 0.25) is 12.7 Å². The Morgan fingerprint density at radius 2 is 2.00 bits per heavy atom. The van der Waals surface area contributed by atoms with Crippen LogP contribution >= 0.6 is 0 Å². The summed E-state index contributed by atoms with van der Waals surface area (Å²) in [5, 5.41) is 3.67. The van der Waals surface area contributed by atoms with E-state index >= 15 is 0 Å². The van der Waals surface area contributed by atoms with Gasteiger partial charge in [-0.15, -0.1) is 0 Å². The second kappa shape index (κ2) is 6.63. The smallest absolute Gasteiger partial charge is 0.231 e. The molecule has 1 N–H and O–H groups in total. The van der Waals surface area contributed by atoms with Gasteiger partial charge in [0, 0.05) is 31.1 Å². The van der Waals surface area contributed by atoms with Crippen molar-refractivity contribution in [2.24, 2.45) is 5.92 Å². The topological polar surface area (TPSA) is 50.8 Å². The quantitative estimate of drug-likeness (QED) is 0.922. The van der Waals surface area contributed by atoms with Gasteiger partial charge in [-0.2, -0.15) is 0 Å². The number of rotatable bonds is 4. The lowest BCUT2D eigenvalue weighted by atomic mass is 10.1. The van der Waals surface area contributed by atoms with Gasteiger partial charge in [0.05, 0.1) is 0 Å². The molecule has 2 fully saturated rings. The van der Waals surface area contributed by atoms with E-state index in [0.717, 1.165) is 43.9 Å². The standard InChI is InChI=1S/C19H26N2O3/c1-13(15-6-7-17-18(10-15)24-12-23-17)20-16-8-9-21(11-16)19(22)14-4-2-3-5-14/h6-7,10,13-14,16,20H,2-5,8-9,11-12H2,1H3/t13-,16-/m0/s1. The maximum Gasteiger partial charge on any atom is 0.231 e. The van der Waals surface area contributed by atoms with E-state index in [1.54, 1.807) is 0 Å². The fraction of sp³-hybridized carbons (Fsp3) is 0.632. The predicted octanol–water partition coefficient (Wildman–Crippen LogP) is 2.86. The minimum absolute atomic E-state index is 0.228. The zero-order valence-corrected chi connectivity index (χ0v) is 14.3. The minimum Gasteiger partial charge on any atom is -0.454 e. The fourth-order valence-corrected chi connectivity index (χ4v) is 4.16. The van der Waals surface area contributed by atoms with Gasteiger partial charge in [0.15, 0.2) is 11.5 Å². The van der Waals surface area contributed by atoms with E-state index in [0.29, 0.717) is 18.7 Å². The van der Waals surface area contributed by atoms with E-state index in [1.807, 2.05) is 6.07 Å². The number of benzene rings is 1. The summed E-state index contributed by atoms with van der Waals surface area (Å²) in [5.41, 5.74) is 1.19. The summed E-state index contributed by atoms with van der Waals surface area (Å²) >= 11 is 0. The lowest BCUT2D eigenvalue weighted by Gasteiger charge is -2.22. The molecule has 1 saturated carbocycles. The molecular formula is C19H26N2O3. The predicted molar refractivity (Wildman–Crippen MR) is 91.1 cm³/mol. The third-order valence-corrected chi connectivity index (χ3v) is 5.59. The van der Waals surface area contributed by atoms with Gasteiger partial charge in [0.1, 0.15) is 0 Å². The summed E-state index contributed by atoms with van der Waals surface area (Å²) in [4.78, 5) is 14.6. The Hall–Kier alpha value is -1.75. The third-order valence-electron chi connectivity index (χ3n) is 5.59. The van der Waals surface area contributed by atoms with Crippen LogP contribution in [0.1, 0.15) is 50.6 Å². The highest BCUT2D eigenvalue weighted by atomic mass is 16.7. The van der Waals surface area contributed by atoms with Crippen molar-refractivity contribution in [2.75, 3.05) is 19.9 Å². The molecule has 130 valence electrons. The summed E-state index contributed by atoms with van der Waals surface area (Å²) < 4.78 is 10.8. The van der Waals surface area contributed by atoms with Crippen molar-refractivity contribution < 1.29 is 14.3 Å². The van der Waals surface area contributed by atoms with E-state index in [-0.39, 0.29) is 12.0 Å². The molecule has 4 rings (SSSR count). The first-order chi connectivity index (χ1) is 11.7. The highest BCUT2D eigenvalue weighted by molar-refractivity contribution is 5.79. The van der Waals surface area contributed by atoms with Crippen molar-refractivity contribution in [1.29, 1.82) is 0 Å². The second-order valence-corrected chi connectivity index (χ2v) is 7.25. The maximum absolute atomic E-state index is 12.5. The fourth-order valence-electron chi connectivity index (χ4n) is 4.16. The molecule has 1 aromatic rings. The average Bonchev–Trinajstić information content (AvgIpc) is 3.34. The van der Waals surface area contributed by atoms with E-state index in [4.69, 9.17) is 9.47 Å². The number of ether oxygens (including phenoxy) is 2. The summed E-state index contributed by atoms with van der Waals surface area (Å²) in [6.07, 6.45) is 5.63. The Morgan fingerprint density at radius 3 is 2.83 bits per heavy atom. The molecule has 1 aliphatic carbocycles. The van der Waals surface area contributed by atoms with Crippen LogP contribution in [0.4, 0.5) is 0 Å². The van der Waals surface area contributed by atoms with Gasteiger partial charge in [-0.05, 0) is 43.9 Å². The van der Waals surface area contributed by atoms with E-state index < -0.39 is 0 Å². The van der Waals surface area contributed by atoms with Crippen LogP contribution in [-0.4, -0.2) is 36.7 Å². The summed E-state index contributed by atoms with van der Waals surface area (Å²) in [7, 11) is 0. The molecule has 0 spiro atoms. The lowest BCUT2D eigenvalue weighted by molar-refractivity contribution is -0.134. The molecule has 1 saturated heterocycles. The first kappa shape index (κ1) is 15.8. The molecule has 0 radical (unpaired) electrons. The summed E-state index contributed by atoms with van der Waals surface area (Å²) in [6.45, 7) is 4.20. The zero-order valence-electron chi connectivity index (χ0n) is 14.3. The number of nitrogens with one attached hydrogen (secondary N) is 1. The largest absolute Gasteiger partial charge is 0.454 e. The number of hydrogen-bond acceptors (Lipinski definition) is 4. The Bertz CT molecular complexity index is 613. The zero-order chi connectivity index (χ0) is 16.5. The van der Waals surface area contributed by atoms with Crippen LogP contribution in [0.5, 0.6) is 11.5 Å². The lowest BCUT2D eigenvalue weighted by Crippen LogP contribution is -2.38. The number of likely N-dealkylation sites (tertiary alicyclic amines) is 1. The van der Waals surface area contributed by atoms with Crippen molar-refractivity contribution in [1.82, 2.24) is 10.2 Å². The number of carbonyl (C=O) groups excluding carboxylic acids is 1. The van der Waals surface area contributed by atoms with Crippen LogP contribution in [0.15, 0.2) is 18.2 Å². The summed E-state index contributed by atoms with van der Waals surface area (Å²) in [6, 6.07) is 6.71. The van der Waals surface area contributed by atoms with Gasteiger partial charge in [-0.3, -0.25) is 4.79 Å². The molecule has 0 bridgehead atoms. The number of carbonyl (C=O) groups is 1. The van der Waals surface area contributed by atoms with Crippen molar-refractivity contribution >= 4 is 5.91 Å². The molecule has 1 amide bonds. The van der Waals surface area contributed by atoms with Crippen LogP contribution in [-0.2, 0) is 4.79 Å². The Kier molecular flexibility index (Phi) is 4.35. The first-order valence-electron chi connectivity index (χ1n) is 9.15. The van der Waals surface area contributed by atoms with Crippen LogP contribution in [0.2, 0.25) is 0 Å². The molecule has 5 nitrogen and oxygen atoms in total. The normalized spacial score (nSPS) is 24.5.